The van der Waals surface area contributed by atoms with E-state index in [1.165, 1.54) is 0 Å². The summed E-state index contributed by atoms with van der Waals surface area (Å²) < 4.78 is 28.4. The minimum absolute atomic E-state index is 0.0238. The Morgan fingerprint density at radius 1 is 0.938 bits per heavy atom. The van der Waals surface area contributed by atoms with Gasteiger partial charge in [-0.3, -0.25) is 9.59 Å². The van der Waals surface area contributed by atoms with Crippen LogP contribution < -0.4 is 0 Å². The van der Waals surface area contributed by atoms with E-state index in [0.29, 0.717) is 5.57 Å². The summed E-state index contributed by atoms with van der Waals surface area (Å²) in [5, 5.41) is 0. The number of ether oxygens (including phenoxy) is 5. The van der Waals surface area contributed by atoms with Crippen LogP contribution in [0.5, 0.6) is 0 Å². The van der Waals surface area contributed by atoms with E-state index in [2.05, 4.69) is 0 Å². The van der Waals surface area contributed by atoms with E-state index in [-0.39, 0.29) is 45.0 Å². The van der Waals surface area contributed by atoms with E-state index < -0.39 is 35.0 Å². The van der Waals surface area contributed by atoms with Gasteiger partial charge in [0.2, 0.25) is 5.41 Å². The van der Waals surface area contributed by atoms with Crippen LogP contribution in [0.15, 0.2) is 41.5 Å². The molecule has 0 amide bonds. The van der Waals surface area contributed by atoms with Gasteiger partial charge in [0.15, 0.2) is 5.79 Å². The zero-order valence-corrected chi connectivity index (χ0v) is 19.0. The monoisotopic (exact) mass is 446 g/mol. The van der Waals surface area contributed by atoms with Crippen molar-refractivity contribution in [2.45, 2.75) is 45.8 Å². The summed E-state index contributed by atoms with van der Waals surface area (Å²) in [5.74, 6) is -4.47. The maximum atomic E-state index is 13.4. The van der Waals surface area contributed by atoms with Crippen molar-refractivity contribution in [3.05, 3.63) is 47.0 Å². The van der Waals surface area contributed by atoms with E-state index in [0.717, 1.165) is 5.56 Å². The molecule has 8 heteroatoms. The van der Waals surface area contributed by atoms with E-state index in [9.17, 15) is 14.4 Å². The van der Waals surface area contributed by atoms with Crippen molar-refractivity contribution in [2.75, 3.05) is 33.0 Å². The quantitative estimate of drug-likeness (QED) is 0.247. The lowest BCUT2D eigenvalue weighted by molar-refractivity contribution is -0.262. The fourth-order valence-corrected chi connectivity index (χ4v) is 4.76. The molecule has 0 fully saturated rings. The number of rotatable bonds is 9. The van der Waals surface area contributed by atoms with Gasteiger partial charge >= 0.3 is 17.9 Å². The lowest BCUT2D eigenvalue weighted by Crippen LogP contribution is -2.58. The number of cyclic esters (lactones) is 1. The van der Waals surface area contributed by atoms with Crippen LogP contribution in [0.25, 0.3) is 0 Å². The fraction of sp³-hybridized carbons (Fsp3) is 0.542. The normalized spacial score (nSPS) is 21.0. The molecule has 3 rings (SSSR count). The molecule has 32 heavy (non-hydrogen) atoms. The van der Waals surface area contributed by atoms with Crippen molar-refractivity contribution in [1.82, 2.24) is 0 Å². The van der Waals surface area contributed by atoms with Crippen LogP contribution in [0, 0.1) is 5.41 Å². The molecule has 174 valence electrons. The van der Waals surface area contributed by atoms with Gasteiger partial charge in [-0.2, -0.15) is 0 Å². The van der Waals surface area contributed by atoms with Crippen molar-refractivity contribution in [3.8, 4) is 0 Å². The van der Waals surface area contributed by atoms with Gasteiger partial charge in [-0.05, 0) is 38.8 Å². The number of carbonyl (C=O) groups excluding carboxylic acids is 3. The van der Waals surface area contributed by atoms with Crippen LogP contribution in [-0.4, -0.2) is 56.7 Å². The smallest absolute Gasteiger partial charge is 0.336 e. The third-order valence-electron chi connectivity index (χ3n) is 5.77. The minimum Gasteiger partial charge on any atom is -0.465 e. The second kappa shape index (κ2) is 9.83. The summed E-state index contributed by atoms with van der Waals surface area (Å²) in [6, 6.07) is 9.41. The summed E-state index contributed by atoms with van der Waals surface area (Å²) in [6.45, 7) is 7.34. The number of benzene rings is 1. The highest BCUT2D eigenvalue weighted by molar-refractivity contribution is 6.13. The van der Waals surface area contributed by atoms with Crippen LogP contribution in [0.1, 0.15) is 45.6 Å². The van der Waals surface area contributed by atoms with Crippen LogP contribution in [0.4, 0.5) is 0 Å². The van der Waals surface area contributed by atoms with Gasteiger partial charge < -0.3 is 23.7 Å². The third kappa shape index (κ3) is 3.82. The van der Waals surface area contributed by atoms with Gasteiger partial charge in [0, 0.05) is 19.6 Å². The lowest BCUT2D eigenvalue weighted by atomic mass is 9.62. The standard InChI is InChI=1S/C24H30O8/c1-5-28-21(26)23(22(27)29-6-2)15-24(31-7-3,32-8-4)18(16-12-10-9-11-13-16)17-14-30-20(25)19(17)23/h9-13,18H,5-8,14-15H2,1-4H3. The first kappa shape index (κ1) is 23.9. The molecule has 8 nitrogen and oxygen atoms in total. The summed E-state index contributed by atoms with van der Waals surface area (Å²) in [7, 11) is 0. The van der Waals surface area contributed by atoms with Crippen LogP contribution in [0.3, 0.4) is 0 Å². The highest BCUT2D eigenvalue weighted by atomic mass is 16.7. The number of esters is 3. The van der Waals surface area contributed by atoms with Crippen LogP contribution >= 0.6 is 0 Å². The molecule has 1 aliphatic heterocycles. The molecule has 1 aromatic rings. The van der Waals surface area contributed by atoms with Gasteiger partial charge in [-0.25, -0.2) is 4.79 Å². The zero-order valence-electron chi connectivity index (χ0n) is 19.0. The molecule has 1 unspecified atom stereocenters. The fourth-order valence-electron chi connectivity index (χ4n) is 4.76. The van der Waals surface area contributed by atoms with E-state index >= 15 is 0 Å². The SMILES string of the molecule is CCOC(=O)C1(C(=O)OCC)CC(OCC)(OCC)C(c2ccccc2)C2=C1C(=O)OC2. The highest BCUT2D eigenvalue weighted by Gasteiger charge is 2.68. The van der Waals surface area contributed by atoms with Crippen LogP contribution in [0.2, 0.25) is 0 Å². The first-order chi connectivity index (χ1) is 15.4. The Kier molecular flexibility index (Phi) is 7.36. The highest BCUT2D eigenvalue weighted by Crippen LogP contribution is 2.57. The van der Waals surface area contributed by atoms with Crippen molar-refractivity contribution in [1.29, 1.82) is 0 Å². The van der Waals surface area contributed by atoms with Crippen molar-refractivity contribution in [3.63, 3.8) is 0 Å². The number of hydrogen-bond acceptors (Lipinski definition) is 8. The maximum Gasteiger partial charge on any atom is 0.336 e. The largest absolute Gasteiger partial charge is 0.465 e. The molecule has 0 radical (unpaired) electrons. The predicted molar refractivity (Wildman–Crippen MR) is 113 cm³/mol. The molecule has 0 spiro atoms. The van der Waals surface area contributed by atoms with Gasteiger partial charge in [0.1, 0.15) is 6.61 Å². The molecule has 2 aliphatic rings. The number of carbonyl (C=O) groups is 3. The second-order valence-electron chi connectivity index (χ2n) is 7.52. The lowest BCUT2D eigenvalue weighted by Gasteiger charge is -2.48. The maximum absolute atomic E-state index is 13.4. The van der Waals surface area contributed by atoms with Crippen molar-refractivity contribution >= 4 is 17.9 Å². The molecule has 0 N–H and O–H groups in total. The zero-order chi connectivity index (χ0) is 23.4. The summed E-state index contributed by atoms with van der Waals surface area (Å²) in [5.41, 5.74) is -0.792. The first-order valence-corrected chi connectivity index (χ1v) is 11.0. The predicted octanol–water partition coefficient (Wildman–Crippen LogP) is 2.91. The molecule has 0 bridgehead atoms. The Morgan fingerprint density at radius 3 is 2.00 bits per heavy atom. The molecular formula is C24H30O8. The van der Waals surface area contributed by atoms with Crippen molar-refractivity contribution in [2.24, 2.45) is 5.41 Å². The van der Waals surface area contributed by atoms with Gasteiger partial charge in [-0.15, -0.1) is 0 Å². The van der Waals surface area contributed by atoms with E-state index in [4.69, 9.17) is 23.7 Å². The molecule has 1 aliphatic carbocycles. The minimum atomic E-state index is -2.05. The van der Waals surface area contributed by atoms with Crippen molar-refractivity contribution < 1.29 is 38.1 Å². The third-order valence-corrected chi connectivity index (χ3v) is 5.77. The van der Waals surface area contributed by atoms with Crippen LogP contribution in [-0.2, 0) is 38.1 Å². The Morgan fingerprint density at radius 2 is 1.50 bits per heavy atom. The average Bonchev–Trinajstić information content (AvgIpc) is 3.16. The van der Waals surface area contributed by atoms with Gasteiger partial charge in [0.25, 0.3) is 0 Å². The van der Waals surface area contributed by atoms with E-state index in [1.807, 2.05) is 30.3 Å². The van der Waals surface area contributed by atoms with Gasteiger partial charge in [0.05, 0.1) is 24.7 Å². The first-order valence-electron chi connectivity index (χ1n) is 11.0. The average molecular weight is 446 g/mol. The molecule has 1 atom stereocenters. The second-order valence-corrected chi connectivity index (χ2v) is 7.52. The Labute approximate surface area is 187 Å². The molecular weight excluding hydrogens is 416 g/mol. The molecule has 0 saturated heterocycles. The Balaban J connectivity index is 2.37. The molecule has 0 aromatic heterocycles. The number of hydrogen-bond donors (Lipinski definition) is 0. The summed E-state index contributed by atoms with van der Waals surface area (Å²) >= 11 is 0. The molecule has 1 aromatic carbocycles. The molecule has 1 heterocycles. The molecule has 0 saturated carbocycles. The Hall–Kier alpha value is -2.71. The van der Waals surface area contributed by atoms with Gasteiger partial charge in [-0.1, -0.05) is 30.3 Å². The summed E-state index contributed by atoms with van der Waals surface area (Å²) in [6.07, 6.45) is -0.271. The van der Waals surface area contributed by atoms with E-state index in [1.54, 1.807) is 27.7 Å². The topological polar surface area (TPSA) is 97.4 Å². The Bertz CT molecular complexity index is 865. The summed E-state index contributed by atoms with van der Waals surface area (Å²) in [4.78, 5) is 39.7.